The highest BCUT2D eigenvalue weighted by atomic mass is 16.3. The van der Waals surface area contributed by atoms with Gasteiger partial charge in [0.2, 0.25) is 5.91 Å². The number of carbonyl (C=O) groups excluding carboxylic acids is 1. The lowest BCUT2D eigenvalue weighted by molar-refractivity contribution is -0.114. The van der Waals surface area contributed by atoms with Gasteiger partial charge in [-0.05, 0) is 26.0 Å². The maximum Gasteiger partial charge on any atom is 0.244 e. The van der Waals surface area contributed by atoms with Crippen molar-refractivity contribution in [2.45, 2.75) is 51.6 Å². The highest BCUT2D eigenvalue weighted by Crippen LogP contribution is 2.25. The molecule has 0 unspecified atom stereocenters. The van der Waals surface area contributed by atoms with Crippen LogP contribution in [0.1, 0.15) is 54.5 Å². The van der Waals surface area contributed by atoms with Gasteiger partial charge in [-0.25, -0.2) is 9.97 Å². The summed E-state index contributed by atoms with van der Waals surface area (Å²) in [4.78, 5) is 24.2. The van der Waals surface area contributed by atoms with E-state index in [9.17, 15) is 9.90 Å². The van der Waals surface area contributed by atoms with E-state index in [1.165, 1.54) is 32.1 Å². The predicted octanol–water partition coefficient (Wildman–Crippen LogP) is 3.18. The summed E-state index contributed by atoms with van der Waals surface area (Å²) in [7, 11) is 1.00. The summed E-state index contributed by atoms with van der Waals surface area (Å²) < 4.78 is 0. The molecule has 28 heavy (non-hydrogen) atoms. The summed E-state index contributed by atoms with van der Waals surface area (Å²) in [6, 6.07) is 3.56. The van der Waals surface area contributed by atoms with Crippen LogP contribution < -0.4 is 10.6 Å². The number of anilines is 2. The molecule has 3 heterocycles. The second-order valence-electron chi connectivity index (χ2n) is 7.11. The molecular formula is C20H33N5O3. The van der Waals surface area contributed by atoms with Gasteiger partial charge in [0.05, 0.1) is 24.1 Å². The van der Waals surface area contributed by atoms with Crippen LogP contribution in [0.5, 0.6) is 0 Å². The van der Waals surface area contributed by atoms with E-state index in [0.717, 1.165) is 12.7 Å². The zero-order valence-electron chi connectivity index (χ0n) is 16.7. The van der Waals surface area contributed by atoms with Crippen LogP contribution in [-0.2, 0) is 10.4 Å². The number of rotatable bonds is 2. The van der Waals surface area contributed by atoms with Crippen LogP contribution >= 0.6 is 0 Å². The van der Waals surface area contributed by atoms with E-state index in [-0.39, 0.29) is 15.3 Å². The molecule has 8 nitrogen and oxygen atoms in total. The van der Waals surface area contributed by atoms with E-state index in [1.54, 1.807) is 32.3 Å². The first kappa shape index (κ1) is 21.7. The number of hydrogen-bond donors (Lipinski definition) is 4. The second kappa shape index (κ2) is 10.1. The Bertz CT molecular complexity index is 771. The molecule has 1 amide bonds. The molecule has 4 N–H and O–H groups in total. The number of nitrogens with zero attached hydrogens (tertiary/aromatic N) is 3. The number of aromatic nitrogens is 3. The maximum atomic E-state index is 11.3. The Labute approximate surface area is 168 Å². The molecule has 0 bridgehead atoms. The average molecular weight is 392 g/mol. The molecule has 0 atom stereocenters. The number of carbonyl (C=O) groups is 1. The Morgan fingerprint density at radius 3 is 2.18 bits per heavy atom. The molecule has 0 spiro atoms. The van der Waals surface area contributed by atoms with Gasteiger partial charge >= 0.3 is 0 Å². The number of aliphatic hydroxyl groups is 2. The van der Waals surface area contributed by atoms with E-state index in [4.69, 9.17) is 5.11 Å². The maximum absolute atomic E-state index is 11.3. The molecule has 4 rings (SSSR count). The number of amides is 1. The molecule has 0 saturated heterocycles. The minimum absolute atomic E-state index is 0. The number of nitrogens with one attached hydrogen (secondary N) is 2. The first-order chi connectivity index (χ1) is 13.4. The topological polar surface area (TPSA) is 120 Å². The van der Waals surface area contributed by atoms with Gasteiger partial charge in [0.15, 0.2) is 11.6 Å². The summed E-state index contributed by atoms with van der Waals surface area (Å²) in [6.07, 6.45) is 10.7. The minimum Gasteiger partial charge on any atom is -0.400 e. The van der Waals surface area contributed by atoms with Gasteiger partial charge in [-0.3, -0.25) is 9.78 Å². The molecule has 156 valence electrons. The minimum atomic E-state index is -0.988. The predicted molar refractivity (Wildman–Crippen MR) is 113 cm³/mol. The van der Waals surface area contributed by atoms with E-state index < -0.39 is 5.60 Å². The number of pyridine rings is 1. The van der Waals surface area contributed by atoms with Gasteiger partial charge in [-0.15, -0.1) is 0 Å². The van der Waals surface area contributed by atoms with Crippen LogP contribution in [0.15, 0.2) is 24.5 Å². The fourth-order valence-electron chi connectivity index (χ4n) is 2.88. The third kappa shape index (κ3) is 5.97. The van der Waals surface area contributed by atoms with Crippen molar-refractivity contribution in [1.29, 1.82) is 0 Å². The highest BCUT2D eigenvalue weighted by Gasteiger charge is 2.19. The number of aliphatic hydroxyl groups excluding tert-OH is 1. The average Bonchev–Trinajstić information content (AvgIpc) is 3.28. The zero-order chi connectivity index (χ0) is 20.6. The van der Waals surface area contributed by atoms with E-state index in [0.29, 0.717) is 23.0 Å². The van der Waals surface area contributed by atoms with Gasteiger partial charge in [0.25, 0.3) is 0 Å². The summed E-state index contributed by atoms with van der Waals surface area (Å²) in [6.45, 7) is 3.55. The van der Waals surface area contributed by atoms with Crippen molar-refractivity contribution in [3.63, 3.8) is 0 Å². The van der Waals surface area contributed by atoms with Crippen LogP contribution in [-0.4, -0.2) is 44.7 Å². The summed E-state index contributed by atoms with van der Waals surface area (Å²) >= 11 is 0. The van der Waals surface area contributed by atoms with Crippen molar-refractivity contribution in [2.75, 3.05) is 24.3 Å². The van der Waals surface area contributed by atoms with Crippen LogP contribution in [0.2, 0.25) is 0 Å². The molecule has 1 aliphatic heterocycles. The standard InChI is InChI=1S/C14H15N5O2.C5H10.CH4O.2H2/c1-14(2,21)10-4-3-8(5-15-10)9-6-16-12-13(18-9)19-11(20)7-17-12;1-2-4-5-3-1;1-2;;/h3-6,21H,7H2,1-2H3,(H,16,17)(H,18,19,20);1-5H2;2H,1H3;2*1H. The number of hydrogen-bond acceptors (Lipinski definition) is 7. The van der Waals surface area contributed by atoms with Crippen molar-refractivity contribution in [1.82, 2.24) is 15.0 Å². The van der Waals surface area contributed by atoms with E-state index >= 15 is 0 Å². The first-order valence-electron chi connectivity index (χ1n) is 9.48. The quantitative estimate of drug-likeness (QED) is 0.620. The molecule has 2 aliphatic rings. The van der Waals surface area contributed by atoms with Gasteiger partial charge in [-0.2, -0.15) is 0 Å². The lowest BCUT2D eigenvalue weighted by Crippen LogP contribution is -2.28. The molecule has 0 radical (unpaired) electrons. The molecule has 2 aromatic heterocycles. The largest absolute Gasteiger partial charge is 0.400 e. The van der Waals surface area contributed by atoms with Crippen molar-refractivity contribution >= 4 is 17.5 Å². The zero-order valence-corrected chi connectivity index (χ0v) is 16.7. The Morgan fingerprint density at radius 2 is 1.64 bits per heavy atom. The lowest BCUT2D eigenvalue weighted by Gasteiger charge is -2.18. The second-order valence-corrected chi connectivity index (χ2v) is 7.11. The van der Waals surface area contributed by atoms with Crippen LogP contribution in [0.25, 0.3) is 11.3 Å². The Balaban J connectivity index is 0.000000809. The molecular weight excluding hydrogens is 358 g/mol. The Kier molecular flexibility index (Phi) is 7.83. The van der Waals surface area contributed by atoms with E-state index in [1.807, 2.05) is 6.07 Å². The Morgan fingerprint density at radius 1 is 1.00 bits per heavy atom. The van der Waals surface area contributed by atoms with Crippen molar-refractivity contribution in [3.8, 4) is 11.3 Å². The molecule has 0 aromatic carbocycles. The van der Waals surface area contributed by atoms with Gasteiger partial charge in [0, 0.05) is 21.7 Å². The van der Waals surface area contributed by atoms with Crippen LogP contribution in [0.4, 0.5) is 11.6 Å². The fraction of sp³-hybridized carbons (Fsp3) is 0.500. The smallest absolute Gasteiger partial charge is 0.244 e. The summed E-state index contributed by atoms with van der Waals surface area (Å²) in [5, 5.41) is 22.4. The SMILES string of the molecule is C1CCCC1.CC(C)(O)c1ccc(-c2cnc3c(n2)NC(=O)CN3)cn1.CO.[HH].[HH]. The highest BCUT2D eigenvalue weighted by molar-refractivity contribution is 5.98. The monoisotopic (exact) mass is 391 g/mol. The summed E-state index contributed by atoms with van der Waals surface area (Å²) in [5.74, 6) is 0.819. The molecule has 1 fully saturated rings. The van der Waals surface area contributed by atoms with Crippen molar-refractivity contribution < 1.29 is 17.9 Å². The van der Waals surface area contributed by atoms with Gasteiger partial charge in [0.1, 0.15) is 5.60 Å². The third-order valence-corrected chi connectivity index (χ3v) is 4.38. The van der Waals surface area contributed by atoms with Crippen LogP contribution in [0, 0.1) is 0 Å². The van der Waals surface area contributed by atoms with Crippen molar-refractivity contribution in [2.24, 2.45) is 0 Å². The van der Waals surface area contributed by atoms with Crippen LogP contribution in [0.3, 0.4) is 0 Å². The number of fused-ring (bicyclic) bond motifs is 1. The van der Waals surface area contributed by atoms with E-state index in [2.05, 4.69) is 25.6 Å². The fourth-order valence-corrected chi connectivity index (χ4v) is 2.88. The molecule has 1 saturated carbocycles. The van der Waals surface area contributed by atoms with Gasteiger partial charge < -0.3 is 20.8 Å². The van der Waals surface area contributed by atoms with Crippen molar-refractivity contribution in [3.05, 3.63) is 30.2 Å². The normalized spacial score (nSPS) is 15.1. The lowest BCUT2D eigenvalue weighted by atomic mass is 10.0. The molecule has 1 aliphatic carbocycles. The molecule has 2 aromatic rings. The Hall–Kier alpha value is -2.58. The first-order valence-corrected chi connectivity index (χ1v) is 9.48. The van der Waals surface area contributed by atoms with Gasteiger partial charge in [-0.1, -0.05) is 32.1 Å². The summed E-state index contributed by atoms with van der Waals surface area (Å²) in [5.41, 5.74) is 0.954. The molecule has 8 heteroatoms. The third-order valence-electron chi connectivity index (χ3n) is 4.38.